The predicted octanol–water partition coefficient (Wildman–Crippen LogP) is 2.28. The third-order valence-electron chi connectivity index (χ3n) is 5.76. The number of anilines is 1. The van der Waals surface area contributed by atoms with Gasteiger partial charge in [0.1, 0.15) is 5.76 Å². The molecular formula is C19H27N5O2. The second-order valence-electron chi connectivity index (χ2n) is 7.70. The van der Waals surface area contributed by atoms with E-state index in [0.717, 1.165) is 56.6 Å². The van der Waals surface area contributed by atoms with Gasteiger partial charge in [0.25, 0.3) is 0 Å². The largest absolute Gasteiger partial charge is 0.383 e. The molecule has 2 fully saturated rings. The molecule has 4 heterocycles. The number of aromatic nitrogens is 3. The summed E-state index contributed by atoms with van der Waals surface area (Å²) in [6, 6.07) is 4.25. The smallest absolute Gasteiger partial charge is 0.225 e. The Morgan fingerprint density at radius 2 is 2.04 bits per heavy atom. The second kappa shape index (κ2) is 7.32. The number of piperidine rings is 1. The molecule has 0 amide bonds. The Morgan fingerprint density at radius 3 is 2.69 bits per heavy atom. The third kappa shape index (κ3) is 3.59. The number of ether oxygens (including phenoxy) is 1. The van der Waals surface area contributed by atoms with Crippen molar-refractivity contribution in [3.63, 3.8) is 0 Å². The van der Waals surface area contributed by atoms with Crippen molar-refractivity contribution < 1.29 is 9.26 Å². The van der Waals surface area contributed by atoms with Crippen molar-refractivity contribution in [3.8, 4) is 0 Å². The van der Waals surface area contributed by atoms with Crippen LogP contribution in [0.2, 0.25) is 0 Å². The van der Waals surface area contributed by atoms with E-state index in [0.29, 0.717) is 11.5 Å². The van der Waals surface area contributed by atoms with Gasteiger partial charge in [0.15, 0.2) is 0 Å². The highest BCUT2D eigenvalue weighted by atomic mass is 16.5. The zero-order valence-corrected chi connectivity index (χ0v) is 15.6. The molecule has 4 rings (SSSR count). The summed E-state index contributed by atoms with van der Waals surface area (Å²) < 4.78 is 10.7. The maximum atomic E-state index is 5.49. The first kappa shape index (κ1) is 17.4. The van der Waals surface area contributed by atoms with Crippen molar-refractivity contribution in [2.45, 2.75) is 38.8 Å². The molecule has 0 aliphatic carbocycles. The predicted molar refractivity (Wildman–Crippen MR) is 97.8 cm³/mol. The lowest BCUT2D eigenvalue weighted by Crippen LogP contribution is -2.41. The van der Waals surface area contributed by atoms with Crippen LogP contribution in [-0.2, 0) is 11.3 Å². The summed E-state index contributed by atoms with van der Waals surface area (Å²) >= 11 is 0. The Balaban J connectivity index is 1.41. The van der Waals surface area contributed by atoms with Gasteiger partial charge in [-0.05, 0) is 50.8 Å². The summed E-state index contributed by atoms with van der Waals surface area (Å²) in [7, 11) is 1.78. The molecule has 7 heteroatoms. The van der Waals surface area contributed by atoms with E-state index in [1.54, 1.807) is 7.11 Å². The van der Waals surface area contributed by atoms with Gasteiger partial charge in [0, 0.05) is 38.7 Å². The number of nitrogens with zero attached hydrogens (tertiary/aromatic N) is 5. The minimum atomic E-state index is 0.332. The van der Waals surface area contributed by atoms with Gasteiger partial charge in [-0.15, -0.1) is 0 Å². The molecule has 1 atom stereocenters. The lowest BCUT2D eigenvalue weighted by Gasteiger charge is -2.39. The summed E-state index contributed by atoms with van der Waals surface area (Å²) in [5.74, 6) is 1.71. The quantitative estimate of drug-likeness (QED) is 0.813. The zero-order chi connectivity index (χ0) is 18.0. The van der Waals surface area contributed by atoms with Gasteiger partial charge in [-0.1, -0.05) is 5.16 Å². The molecule has 140 valence electrons. The van der Waals surface area contributed by atoms with Crippen LogP contribution in [0, 0.1) is 12.3 Å². The van der Waals surface area contributed by atoms with Crippen molar-refractivity contribution in [3.05, 3.63) is 36.0 Å². The molecule has 2 aliphatic rings. The van der Waals surface area contributed by atoms with Crippen LogP contribution < -0.4 is 4.90 Å². The number of hydrogen-bond acceptors (Lipinski definition) is 7. The standard InChI is InChI=1S/C19H27N5O2/c1-15-10-16(22-26-15)12-23-8-4-19(5-9-23)11-17(13-25-2)24(14-19)18-20-6-3-7-21-18/h3,6-7,10,17H,4-5,8-9,11-14H2,1-2H3/t17-/m0/s1. The van der Waals surface area contributed by atoms with E-state index in [1.807, 2.05) is 31.5 Å². The van der Waals surface area contributed by atoms with E-state index >= 15 is 0 Å². The molecule has 0 N–H and O–H groups in total. The topological polar surface area (TPSA) is 67.5 Å². The zero-order valence-electron chi connectivity index (χ0n) is 15.6. The van der Waals surface area contributed by atoms with E-state index in [9.17, 15) is 0 Å². The molecule has 0 unspecified atom stereocenters. The Hall–Kier alpha value is -1.99. The summed E-state index contributed by atoms with van der Waals surface area (Å²) in [6.45, 7) is 6.74. The van der Waals surface area contributed by atoms with Crippen LogP contribution in [0.25, 0.3) is 0 Å². The van der Waals surface area contributed by atoms with Crippen molar-refractivity contribution >= 4 is 5.95 Å². The van der Waals surface area contributed by atoms with E-state index < -0.39 is 0 Å². The average Bonchev–Trinajstić information content (AvgIpc) is 3.22. The van der Waals surface area contributed by atoms with Crippen molar-refractivity contribution in [2.75, 3.05) is 38.3 Å². The molecule has 2 aliphatic heterocycles. The first-order valence-corrected chi connectivity index (χ1v) is 9.35. The maximum Gasteiger partial charge on any atom is 0.225 e. The van der Waals surface area contributed by atoms with E-state index in [2.05, 4.69) is 24.9 Å². The lowest BCUT2D eigenvalue weighted by molar-refractivity contribution is 0.104. The Bertz CT molecular complexity index is 712. The number of rotatable bonds is 5. The number of likely N-dealkylation sites (tertiary alicyclic amines) is 1. The van der Waals surface area contributed by atoms with Gasteiger partial charge < -0.3 is 14.2 Å². The Kier molecular flexibility index (Phi) is 4.91. The van der Waals surface area contributed by atoms with Crippen molar-refractivity contribution in [2.24, 2.45) is 5.41 Å². The van der Waals surface area contributed by atoms with Crippen LogP contribution in [0.5, 0.6) is 0 Å². The molecule has 0 bridgehead atoms. The Morgan fingerprint density at radius 1 is 1.27 bits per heavy atom. The molecule has 7 nitrogen and oxygen atoms in total. The molecule has 2 aromatic heterocycles. The van der Waals surface area contributed by atoms with Crippen LogP contribution in [0.4, 0.5) is 5.95 Å². The van der Waals surface area contributed by atoms with Crippen LogP contribution in [-0.4, -0.2) is 59.4 Å². The van der Waals surface area contributed by atoms with Gasteiger partial charge >= 0.3 is 0 Å². The van der Waals surface area contributed by atoms with Gasteiger partial charge in [-0.3, -0.25) is 4.90 Å². The minimum Gasteiger partial charge on any atom is -0.383 e. The molecule has 26 heavy (non-hydrogen) atoms. The monoisotopic (exact) mass is 357 g/mol. The summed E-state index contributed by atoms with van der Waals surface area (Å²) in [5.41, 5.74) is 1.36. The molecule has 2 aromatic rings. The molecule has 0 saturated carbocycles. The molecular weight excluding hydrogens is 330 g/mol. The lowest BCUT2D eigenvalue weighted by atomic mass is 9.76. The first-order valence-electron chi connectivity index (χ1n) is 9.35. The molecule has 0 aromatic carbocycles. The Labute approximate surface area is 154 Å². The number of hydrogen-bond donors (Lipinski definition) is 0. The molecule has 2 saturated heterocycles. The number of methoxy groups -OCH3 is 1. The third-order valence-corrected chi connectivity index (χ3v) is 5.76. The van der Waals surface area contributed by atoms with Crippen LogP contribution in [0.1, 0.15) is 30.7 Å². The van der Waals surface area contributed by atoms with Crippen molar-refractivity contribution in [1.29, 1.82) is 0 Å². The van der Waals surface area contributed by atoms with Crippen molar-refractivity contribution in [1.82, 2.24) is 20.0 Å². The highest BCUT2D eigenvalue weighted by Gasteiger charge is 2.46. The van der Waals surface area contributed by atoms with Gasteiger partial charge in [0.2, 0.25) is 5.95 Å². The average molecular weight is 357 g/mol. The maximum absolute atomic E-state index is 5.49. The minimum absolute atomic E-state index is 0.332. The van der Waals surface area contributed by atoms with Crippen LogP contribution in [0.15, 0.2) is 29.0 Å². The second-order valence-corrected chi connectivity index (χ2v) is 7.70. The van der Waals surface area contributed by atoms with Crippen LogP contribution >= 0.6 is 0 Å². The van der Waals surface area contributed by atoms with E-state index in [-0.39, 0.29) is 0 Å². The summed E-state index contributed by atoms with van der Waals surface area (Å²) in [4.78, 5) is 13.8. The first-order chi connectivity index (χ1) is 12.7. The highest BCUT2D eigenvalue weighted by Crippen LogP contribution is 2.44. The highest BCUT2D eigenvalue weighted by molar-refractivity contribution is 5.35. The van der Waals surface area contributed by atoms with E-state index in [1.165, 1.54) is 12.8 Å². The van der Waals surface area contributed by atoms with Crippen LogP contribution in [0.3, 0.4) is 0 Å². The fourth-order valence-corrected chi connectivity index (χ4v) is 4.45. The molecule has 1 spiro atoms. The van der Waals surface area contributed by atoms with E-state index in [4.69, 9.17) is 9.26 Å². The molecule has 0 radical (unpaired) electrons. The van der Waals surface area contributed by atoms with Gasteiger partial charge in [0.05, 0.1) is 18.3 Å². The SMILES string of the molecule is COC[C@@H]1CC2(CCN(Cc3cc(C)on3)CC2)CN1c1ncccn1. The normalized spacial score (nSPS) is 23.0. The number of aryl methyl sites for hydroxylation is 1. The van der Waals surface area contributed by atoms with Gasteiger partial charge in [-0.2, -0.15) is 0 Å². The fraction of sp³-hybridized carbons (Fsp3) is 0.632. The fourth-order valence-electron chi connectivity index (χ4n) is 4.45. The summed E-state index contributed by atoms with van der Waals surface area (Å²) in [6.07, 6.45) is 7.16. The van der Waals surface area contributed by atoms with Gasteiger partial charge in [-0.25, -0.2) is 9.97 Å². The summed E-state index contributed by atoms with van der Waals surface area (Å²) in [5, 5.41) is 4.13.